The first-order chi connectivity index (χ1) is 8.67. The van der Waals surface area contributed by atoms with Crippen LogP contribution in [0.3, 0.4) is 0 Å². The standard InChI is InChI=1S/C12H10BrClN2OS/c13-8-1-3-10(4-2-8)18-7-11-15-9(6-14)5-12(17)16-11/h1-5H,6-7H2,(H,15,16,17). The maximum absolute atomic E-state index is 11.4. The van der Waals surface area contributed by atoms with E-state index in [0.717, 1.165) is 9.37 Å². The summed E-state index contributed by atoms with van der Waals surface area (Å²) in [6, 6.07) is 9.40. The number of hydrogen-bond donors (Lipinski definition) is 1. The number of nitrogens with one attached hydrogen (secondary N) is 1. The van der Waals surface area contributed by atoms with Gasteiger partial charge >= 0.3 is 0 Å². The van der Waals surface area contributed by atoms with Crippen molar-refractivity contribution in [3.05, 3.63) is 56.7 Å². The average Bonchev–Trinajstić information content (AvgIpc) is 2.37. The molecule has 94 valence electrons. The minimum Gasteiger partial charge on any atom is -0.310 e. The van der Waals surface area contributed by atoms with E-state index in [0.29, 0.717) is 17.3 Å². The fourth-order valence-electron chi connectivity index (χ4n) is 1.38. The highest BCUT2D eigenvalue weighted by Gasteiger charge is 2.02. The summed E-state index contributed by atoms with van der Waals surface area (Å²) >= 11 is 10.7. The number of H-pyrrole nitrogens is 1. The van der Waals surface area contributed by atoms with Gasteiger partial charge in [0.05, 0.1) is 17.3 Å². The van der Waals surface area contributed by atoms with Gasteiger partial charge in [-0.05, 0) is 24.3 Å². The highest BCUT2D eigenvalue weighted by atomic mass is 79.9. The Morgan fingerprint density at radius 1 is 1.33 bits per heavy atom. The molecule has 0 aliphatic heterocycles. The van der Waals surface area contributed by atoms with E-state index in [4.69, 9.17) is 11.6 Å². The highest BCUT2D eigenvalue weighted by molar-refractivity contribution is 9.10. The Morgan fingerprint density at radius 3 is 2.72 bits per heavy atom. The van der Waals surface area contributed by atoms with Crippen LogP contribution < -0.4 is 5.56 Å². The van der Waals surface area contributed by atoms with E-state index < -0.39 is 0 Å². The summed E-state index contributed by atoms with van der Waals surface area (Å²) in [4.78, 5) is 19.5. The van der Waals surface area contributed by atoms with Crippen LogP contribution >= 0.6 is 39.3 Å². The van der Waals surface area contributed by atoms with Gasteiger partial charge in [-0.3, -0.25) is 4.79 Å². The lowest BCUT2D eigenvalue weighted by Crippen LogP contribution is -2.11. The van der Waals surface area contributed by atoms with Crippen LogP contribution in [0.5, 0.6) is 0 Å². The van der Waals surface area contributed by atoms with Crippen molar-refractivity contribution in [2.75, 3.05) is 0 Å². The Kier molecular flexibility index (Phi) is 4.86. The lowest BCUT2D eigenvalue weighted by molar-refractivity contribution is 0.959. The lowest BCUT2D eigenvalue weighted by atomic mass is 10.4. The number of aromatic amines is 1. The summed E-state index contributed by atoms with van der Waals surface area (Å²) in [5, 5.41) is 0. The highest BCUT2D eigenvalue weighted by Crippen LogP contribution is 2.22. The molecular weight excluding hydrogens is 336 g/mol. The van der Waals surface area contributed by atoms with Gasteiger partial charge < -0.3 is 4.98 Å². The molecule has 18 heavy (non-hydrogen) atoms. The third kappa shape index (κ3) is 3.86. The van der Waals surface area contributed by atoms with Crippen LogP contribution in [-0.4, -0.2) is 9.97 Å². The second-order valence-corrected chi connectivity index (χ2v) is 5.79. The second-order valence-electron chi connectivity index (χ2n) is 3.56. The number of alkyl halides is 1. The fourth-order valence-corrected chi connectivity index (χ4v) is 2.55. The predicted molar refractivity (Wildman–Crippen MR) is 78.1 cm³/mol. The SMILES string of the molecule is O=c1cc(CCl)nc(CSc2ccc(Br)cc2)[nH]1. The van der Waals surface area contributed by atoms with Gasteiger partial charge in [0, 0.05) is 15.4 Å². The van der Waals surface area contributed by atoms with Gasteiger partial charge in [-0.15, -0.1) is 23.4 Å². The Bertz CT molecular complexity index is 585. The van der Waals surface area contributed by atoms with E-state index in [1.165, 1.54) is 6.07 Å². The monoisotopic (exact) mass is 344 g/mol. The third-order valence-corrected chi connectivity index (χ3v) is 4.00. The van der Waals surface area contributed by atoms with E-state index in [1.807, 2.05) is 24.3 Å². The van der Waals surface area contributed by atoms with Crippen molar-refractivity contribution >= 4 is 39.3 Å². The molecule has 0 unspecified atom stereocenters. The molecule has 0 amide bonds. The van der Waals surface area contributed by atoms with Crippen molar-refractivity contribution in [3.63, 3.8) is 0 Å². The molecule has 6 heteroatoms. The largest absolute Gasteiger partial charge is 0.310 e. The summed E-state index contributed by atoms with van der Waals surface area (Å²) in [5.74, 6) is 1.51. The summed E-state index contributed by atoms with van der Waals surface area (Å²) in [7, 11) is 0. The Labute approximate surface area is 122 Å². The van der Waals surface area contributed by atoms with Crippen LogP contribution in [0.4, 0.5) is 0 Å². The Hall–Kier alpha value is -0.780. The molecule has 0 fully saturated rings. The molecule has 0 saturated carbocycles. The first-order valence-electron chi connectivity index (χ1n) is 5.21. The molecule has 0 spiro atoms. The van der Waals surface area contributed by atoms with Crippen molar-refractivity contribution in [1.82, 2.24) is 9.97 Å². The van der Waals surface area contributed by atoms with Crippen LogP contribution in [0, 0.1) is 0 Å². The summed E-state index contributed by atoms with van der Waals surface area (Å²) < 4.78 is 1.04. The molecule has 1 N–H and O–H groups in total. The zero-order valence-corrected chi connectivity index (χ0v) is 12.5. The lowest BCUT2D eigenvalue weighted by Gasteiger charge is -2.03. The van der Waals surface area contributed by atoms with Crippen molar-refractivity contribution < 1.29 is 0 Å². The smallest absolute Gasteiger partial charge is 0.251 e. The van der Waals surface area contributed by atoms with E-state index >= 15 is 0 Å². The number of aromatic nitrogens is 2. The van der Waals surface area contributed by atoms with E-state index in [9.17, 15) is 4.79 Å². The molecule has 0 saturated heterocycles. The van der Waals surface area contributed by atoms with Gasteiger partial charge in [0.1, 0.15) is 5.82 Å². The average molecular weight is 346 g/mol. The number of benzene rings is 1. The van der Waals surface area contributed by atoms with E-state index in [1.54, 1.807) is 11.8 Å². The fraction of sp³-hybridized carbons (Fsp3) is 0.167. The number of nitrogens with zero attached hydrogens (tertiary/aromatic N) is 1. The molecule has 1 aromatic heterocycles. The van der Waals surface area contributed by atoms with Gasteiger partial charge in [0.25, 0.3) is 5.56 Å². The van der Waals surface area contributed by atoms with Crippen molar-refractivity contribution in [3.8, 4) is 0 Å². The third-order valence-electron chi connectivity index (χ3n) is 2.17. The molecule has 0 bridgehead atoms. The molecule has 2 aromatic rings. The molecule has 0 atom stereocenters. The molecule has 0 radical (unpaired) electrons. The van der Waals surface area contributed by atoms with Gasteiger partial charge in [0.15, 0.2) is 0 Å². The van der Waals surface area contributed by atoms with Crippen LogP contribution in [0.1, 0.15) is 11.5 Å². The number of thioether (sulfide) groups is 1. The van der Waals surface area contributed by atoms with Gasteiger partial charge in [0.2, 0.25) is 0 Å². The quantitative estimate of drug-likeness (QED) is 0.681. The van der Waals surface area contributed by atoms with Crippen LogP contribution in [0.2, 0.25) is 0 Å². The normalized spacial score (nSPS) is 10.6. The van der Waals surface area contributed by atoms with Crippen molar-refractivity contribution in [1.29, 1.82) is 0 Å². The maximum Gasteiger partial charge on any atom is 0.251 e. The van der Waals surface area contributed by atoms with Crippen LogP contribution in [0.15, 0.2) is 44.5 Å². The minimum absolute atomic E-state index is 0.160. The second kappa shape index (κ2) is 6.41. The van der Waals surface area contributed by atoms with Crippen LogP contribution in [0.25, 0.3) is 0 Å². The Morgan fingerprint density at radius 2 is 2.06 bits per heavy atom. The first-order valence-corrected chi connectivity index (χ1v) is 7.52. The molecule has 0 aliphatic rings. The number of rotatable bonds is 4. The van der Waals surface area contributed by atoms with Gasteiger partial charge in [-0.1, -0.05) is 15.9 Å². The molecule has 1 aromatic carbocycles. The number of hydrogen-bond acceptors (Lipinski definition) is 3. The van der Waals surface area contributed by atoms with Crippen molar-refractivity contribution in [2.45, 2.75) is 16.5 Å². The Balaban J connectivity index is 2.08. The molecule has 0 aliphatic carbocycles. The van der Waals surface area contributed by atoms with Crippen LogP contribution in [-0.2, 0) is 11.6 Å². The zero-order valence-electron chi connectivity index (χ0n) is 9.32. The predicted octanol–water partition coefficient (Wildman–Crippen LogP) is 3.56. The summed E-state index contributed by atoms with van der Waals surface area (Å²) in [6.45, 7) is 0. The minimum atomic E-state index is -0.160. The first kappa shape index (κ1) is 13.6. The topological polar surface area (TPSA) is 45.8 Å². The molecule has 3 nitrogen and oxygen atoms in total. The van der Waals surface area contributed by atoms with Crippen molar-refractivity contribution in [2.24, 2.45) is 0 Å². The summed E-state index contributed by atoms with van der Waals surface area (Å²) in [5.41, 5.74) is 0.443. The van der Waals surface area contributed by atoms with E-state index in [-0.39, 0.29) is 11.4 Å². The number of halogens is 2. The molecule has 2 rings (SSSR count). The van der Waals surface area contributed by atoms with E-state index in [2.05, 4.69) is 25.9 Å². The molecular formula is C12H10BrClN2OS. The zero-order chi connectivity index (χ0) is 13.0. The maximum atomic E-state index is 11.4. The van der Waals surface area contributed by atoms with Gasteiger partial charge in [-0.25, -0.2) is 4.98 Å². The van der Waals surface area contributed by atoms with Gasteiger partial charge in [-0.2, -0.15) is 0 Å². The summed E-state index contributed by atoms with van der Waals surface area (Å²) in [6.07, 6.45) is 0. The molecule has 1 heterocycles.